The topological polar surface area (TPSA) is 74.8 Å². The van der Waals surface area contributed by atoms with Crippen molar-refractivity contribution in [1.29, 1.82) is 0 Å². The minimum absolute atomic E-state index is 0.157. The average molecular weight is 258 g/mol. The minimum Gasteiger partial charge on any atom is -0.508 e. The Kier molecular flexibility index (Phi) is 3.66. The van der Waals surface area contributed by atoms with E-state index in [1.165, 1.54) is 6.26 Å². The summed E-state index contributed by atoms with van der Waals surface area (Å²) in [6.07, 6.45) is 1.45. The maximum atomic E-state index is 11.8. The van der Waals surface area contributed by atoms with Gasteiger partial charge >= 0.3 is 0 Å². The van der Waals surface area contributed by atoms with Gasteiger partial charge in [0.15, 0.2) is 0 Å². The van der Waals surface area contributed by atoms with Gasteiger partial charge in [-0.1, -0.05) is 12.1 Å². The lowest BCUT2D eigenvalue weighted by molar-refractivity contribution is 0.0953. The van der Waals surface area contributed by atoms with Gasteiger partial charge in [-0.05, 0) is 32.0 Å². The molecule has 0 atom stereocenters. The monoisotopic (exact) mass is 258 g/mol. The van der Waals surface area contributed by atoms with Gasteiger partial charge < -0.3 is 9.52 Å². The quantitative estimate of drug-likeness (QED) is 0.656. The lowest BCUT2D eigenvalue weighted by Gasteiger charge is -2.03. The molecule has 0 aliphatic rings. The van der Waals surface area contributed by atoms with E-state index in [-0.39, 0.29) is 11.7 Å². The summed E-state index contributed by atoms with van der Waals surface area (Å²) in [5.41, 5.74) is 4.24. The van der Waals surface area contributed by atoms with Crippen molar-refractivity contribution >= 4 is 11.6 Å². The van der Waals surface area contributed by atoms with Crippen LogP contribution in [0.1, 0.15) is 28.6 Å². The largest absolute Gasteiger partial charge is 0.508 e. The Morgan fingerprint density at radius 3 is 2.79 bits per heavy atom. The number of phenols is 1. The molecule has 1 heterocycles. The number of carbonyl (C=O) groups is 1. The Bertz CT molecular complexity index is 629. The Morgan fingerprint density at radius 1 is 1.37 bits per heavy atom. The van der Waals surface area contributed by atoms with Crippen molar-refractivity contribution in [2.24, 2.45) is 5.10 Å². The summed E-state index contributed by atoms with van der Waals surface area (Å²) in [6.45, 7) is 3.46. The second-order valence-electron chi connectivity index (χ2n) is 4.08. The number of carbonyl (C=O) groups excluding carboxylic acids is 1. The number of furan rings is 1. The van der Waals surface area contributed by atoms with E-state index in [1.807, 2.05) is 0 Å². The van der Waals surface area contributed by atoms with Gasteiger partial charge in [0.05, 0.1) is 17.5 Å². The van der Waals surface area contributed by atoms with Crippen LogP contribution in [0.15, 0.2) is 46.1 Å². The lowest BCUT2D eigenvalue weighted by atomic mass is 10.1. The molecule has 5 nitrogen and oxygen atoms in total. The van der Waals surface area contributed by atoms with Crippen LogP contribution < -0.4 is 5.43 Å². The van der Waals surface area contributed by atoms with E-state index in [1.54, 1.807) is 44.2 Å². The van der Waals surface area contributed by atoms with Gasteiger partial charge in [0.2, 0.25) is 0 Å². The molecule has 0 aliphatic heterocycles. The Labute approximate surface area is 110 Å². The molecule has 0 aliphatic carbocycles. The van der Waals surface area contributed by atoms with Gasteiger partial charge in [-0.3, -0.25) is 4.79 Å². The highest BCUT2D eigenvalue weighted by Gasteiger charge is 2.10. The van der Waals surface area contributed by atoms with Gasteiger partial charge in [0, 0.05) is 5.56 Å². The maximum Gasteiger partial charge on any atom is 0.274 e. The van der Waals surface area contributed by atoms with Crippen LogP contribution in [0.25, 0.3) is 0 Å². The zero-order valence-corrected chi connectivity index (χ0v) is 10.7. The summed E-state index contributed by atoms with van der Waals surface area (Å²) in [7, 11) is 0. The second kappa shape index (κ2) is 5.39. The molecule has 1 aromatic heterocycles. The molecule has 0 saturated carbocycles. The van der Waals surface area contributed by atoms with E-state index in [0.29, 0.717) is 17.0 Å². The summed E-state index contributed by atoms with van der Waals surface area (Å²) in [5, 5.41) is 13.4. The fraction of sp³-hybridized carbons (Fsp3) is 0.143. The first-order valence-electron chi connectivity index (χ1n) is 5.76. The highest BCUT2D eigenvalue weighted by atomic mass is 16.3. The van der Waals surface area contributed by atoms with Crippen molar-refractivity contribution in [3.63, 3.8) is 0 Å². The molecule has 2 aromatic rings. The summed E-state index contributed by atoms with van der Waals surface area (Å²) in [4.78, 5) is 11.8. The molecular formula is C14H14N2O3. The number of aromatic hydroxyl groups is 1. The molecule has 0 bridgehead atoms. The van der Waals surface area contributed by atoms with Crippen molar-refractivity contribution in [3.8, 4) is 5.75 Å². The highest BCUT2D eigenvalue weighted by Crippen LogP contribution is 2.12. The number of amides is 1. The summed E-state index contributed by atoms with van der Waals surface area (Å²) >= 11 is 0. The normalized spacial score (nSPS) is 11.4. The zero-order chi connectivity index (χ0) is 13.8. The molecule has 2 N–H and O–H groups in total. The van der Waals surface area contributed by atoms with Crippen molar-refractivity contribution in [3.05, 3.63) is 53.5 Å². The Hall–Kier alpha value is -2.56. The maximum absolute atomic E-state index is 11.8. The molecule has 0 spiro atoms. The van der Waals surface area contributed by atoms with Gasteiger partial charge in [-0.15, -0.1) is 0 Å². The zero-order valence-electron chi connectivity index (χ0n) is 10.7. The number of nitrogens with zero attached hydrogens (tertiary/aromatic N) is 1. The van der Waals surface area contributed by atoms with Crippen molar-refractivity contribution in [2.75, 3.05) is 0 Å². The molecule has 98 valence electrons. The van der Waals surface area contributed by atoms with E-state index in [4.69, 9.17) is 4.42 Å². The van der Waals surface area contributed by atoms with E-state index in [9.17, 15) is 9.90 Å². The number of hydrogen-bond donors (Lipinski definition) is 2. The van der Waals surface area contributed by atoms with Crippen LogP contribution in [-0.4, -0.2) is 16.7 Å². The van der Waals surface area contributed by atoms with Crippen LogP contribution in [0.2, 0.25) is 0 Å². The molecular weight excluding hydrogens is 244 g/mol. The highest BCUT2D eigenvalue weighted by molar-refractivity contribution is 6.01. The number of hydrogen-bond acceptors (Lipinski definition) is 4. The molecule has 0 unspecified atom stereocenters. The van der Waals surface area contributed by atoms with Gasteiger partial charge in [0.25, 0.3) is 5.91 Å². The molecule has 19 heavy (non-hydrogen) atoms. The predicted molar refractivity (Wildman–Crippen MR) is 71.2 cm³/mol. The van der Waals surface area contributed by atoms with E-state index >= 15 is 0 Å². The lowest BCUT2D eigenvalue weighted by Crippen LogP contribution is -2.19. The fourth-order valence-corrected chi connectivity index (χ4v) is 1.61. The minimum atomic E-state index is -0.328. The first-order chi connectivity index (χ1) is 9.08. The van der Waals surface area contributed by atoms with E-state index in [0.717, 1.165) is 5.56 Å². The molecule has 1 aromatic carbocycles. The van der Waals surface area contributed by atoms with Crippen molar-refractivity contribution < 1.29 is 14.3 Å². The summed E-state index contributed by atoms with van der Waals surface area (Å²) in [5.74, 6) is 0.373. The number of hydrazone groups is 1. The van der Waals surface area contributed by atoms with Crippen LogP contribution in [-0.2, 0) is 0 Å². The first kappa shape index (κ1) is 12.9. The van der Waals surface area contributed by atoms with Gasteiger partial charge in [-0.2, -0.15) is 5.10 Å². The molecule has 2 rings (SSSR count). The van der Waals surface area contributed by atoms with Gasteiger partial charge in [-0.25, -0.2) is 5.43 Å². The smallest absolute Gasteiger partial charge is 0.274 e. The summed E-state index contributed by atoms with van der Waals surface area (Å²) < 4.78 is 5.05. The van der Waals surface area contributed by atoms with E-state index < -0.39 is 0 Å². The predicted octanol–water partition coefficient (Wildman–Crippen LogP) is 2.45. The third-order valence-electron chi connectivity index (χ3n) is 2.69. The van der Waals surface area contributed by atoms with E-state index in [2.05, 4.69) is 10.5 Å². The second-order valence-corrected chi connectivity index (χ2v) is 4.08. The molecule has 0 radical (unpaired) electrons. The Balaban J connectivity index is 2.11. The number of rotatable bonds is 3. The van der Waals surface area contributed by atoms with Crippen LogP contribution in [0.5, 0.6) is 5.75 Å². The van der Waals surface area contributed by atoms with Crippen molar-refractivity contribution in [1.82, 2.24) is 5.43 Å². The van der Waals surface area contributed by atoms with Crippen LogP contribution in [0.4, 0.5) is 0 Å². The molecule has 0 fully saturated rings. The Morgan fingerprint density at radius 2 is 2.16 bits per heavy atom. The molecule has 5 heteroatoms. The summed E-state index contributed by atoms with van der Waals surface area (Å²) in [6, 6.07) is 8.25. The standard InChI is InChI=1S/C14H14N2O3/c1-9(11-4-3-5-12(17)8-11)15-16-14(18)13-6-7-19-10(13)2/h3-8,17H,1-2H3,(H,16,18)/b15-9+. The first-order valence-corrected chi connectivity index (χ1v) is 5.76. The van der Waals surface area contributed by atoms with Gasteiger partial charge in [0.1, 0.15) is 11.5 Å². The fourth-order valence-electron chi connectivity index (χ4n) is 1.61. The van der Waals surface area contributed by atoms with Crippen LogP contribution in [0.3, 0.4) is 0 Å². The number of nitrogens with one attached hydrogen (secondary N) is 1. The van der Waals surface area contributed by atoms with Crippen LogP contribution in [0, 0.1) is 6.92 Å². The third kappa shape index (κ3) is 3.01. The van der Waals surface area contributed by atoms with Crippen LogP contribution >= 0.6 is 0 Å². The SMILES string of the molecule is C/C(=N\NC(=O)c1ccoc1C)c1cccc(O)c1. The number of benzene rings is 1. The van der Waals surface area contributed by atoms with Crippen molar-refractivity contribution in [2.45, 2.75) is 13.8 Å². The molecule has 0 saturated heterocycles. The number of aryl methyl sites for hydroxylation is 1. The molecule has 1 amide bonds. The number of phenolic OH excluding ortho intramolecular Hbond substituents is 1. The third-order valence-corrected chi connectivity index (χ3v) is 2.69. The average Bonchev–Trinajstić information content (AvgIpc) is 2.82.